The Morgan fingerprint density at radius 2 is 1.87 bits per heavy atom. The van der Waals surface area contributed by atoms with Crippen LogP contribution in [0.25, 0.3) is 0 Å². The van der Waals surface area contributed by atoms with E-state index < -0.39 is 10.0 Å². The molecule has 0 aliphatic heterocycles. The van der Waals surface area contributed by atoms with Gasteiger partial charge in [0.25, 0.3) is 15.9 Å². The van der Waals surface area contributed by atoms with E-state index in [9.17, 15) is 8.42 Å². The molecule has 0 bridgehead atoms. The second kappa shape index (κ2) is 4.96. The summed E-state index contributed by atoms with van der Waals surface area (Å²) < 4.78 is 26.0. The highest BCUT2D eigenvalue weighted by molar-refractivity contribution is 7.98. The van der Waals surface area contributed by atoms with Crippen LogP contribution in [0.4, 0.5) is 0 Å². The molecule has 0 aromatic carbocycles. The summed E-state index contributed by atoms with van der Waals surface area (Å²) in [6.07, 6.45) is 5.52. The molecule has 1 aromatic heterocycles. The van der Waals surface area contributed by atoms with Gasteiger partial charge in [0.1, 0.15) is 0 Å². The topological polar surface area (TPSA) is 41.3 Å². The van der Waals surface area contributed by atoms with E-state index >= 15 is 0 Å². The van der Waals surface area contributed by atoms with Crippen molar-refractivity contribution in [3.63, 3.8) is 0 Å². The minimum Gasteiger partial charge on any atom is -0.205 e. The number of sulfonamides is 1. The number of hydrogen-bond acceptors (Lipinski definition) is 3. The van der Waals surface area contributed by atoms with Gasteiger partial charge in [-0.2, -0.15) is 4.57 Å². The van der Waals surface area contributed by atoms with Crippen LogP contribution >= 0.6 is 11.8 Å². The molecule has 0 aliphatic carbocycles. The third kappa shape index (κ3) is 3.48. The summed E-state index contributed by atoms with van der Waals surface area (Å²) in [5.74, 6) is -0.0192. The zero-order valence-corrected chi connectivity index (χ0v) is 10.7. The van der Waals surface area contributed by atoms with Gasteiger partial charge in [0, 0.05) is 31.1 Å². The number of hydrogen-bond donors (Lipinski definition) is 0. The molecule has 0 saturated heterocycles. The molecule has 15 heavy (non-hydrogen) atoms. The minimum atomic E-state index is -3.18. The van der Waals surface area contributed by atoms with Crippen molar-refractivity contribution in [1.82, 2.24) is 4.31 Å². The SMILES string of the molecule is CSc1cc[n+](CS(=O)(=O)N(C)C)cc1. The van der Waals surface area contributed by atoms with E-state index in [0.29, 0.717) is 0 Å². The van der Waals surface area contributed by atoms with Crippen LogP contribution < -0.4 is 4.57 Å². The Morgan fingerprint density at radius 3 is 2.27 bits per heavy atom. The zero-order valence-electron chi connectivity index (χ0n) is 9.04. The Hall–Kier alpha value is -0.590. The molecule has 0 unspecified atom stereocenters. The van der Waals surface area contributed by atoms with Crippen LogP contribution in [0.3, 0.4) is 0 Å². The van der Waals surface area contributed by atoms with E-state index in [1.165, 1.54) is 18.4 Å². The molecule has 0 amide bonds. The Kier molecular flexibility index (Phi) is 4.12. The van der Waals surface area contributed by atoms with Gasteiger partial charge in [-0.1, -0.05) is 0 Å². The van der Waals surface area contributed by atoms with E-state index in [4.69, 9.17) is 0 Å². The Labute approximate surface area is 95.0 Å². The normalized spacial score (nSPS) is 12.0. The lowest BCUT2D eigenvalue weighted by molar-refractivity contribution is -0.678. The lowest BCUT2D eigenvalue weighted by Crippen LogP contribution is -2.41. The maximum atomic E-state index is 11.6. The van der Waals surface area contributed by atoms with Crippen molar-refractivity contribution >= 4 is 21.8 Å². The molecule has 0 saturated carbocycles. The van der Waals surface area contributed by atoms with Crippen molar-refractivity contribution in [2.24, 2.45) is 0 Å². The highest BCUT2D eigenvalue weighted by atomic mass is 32.2. The summed E-state index contributed by atoms with van der Waals surface area (Å²) in [4.78, 5) is 1.12. The van der Waals surface area contributed by atoms with Gasteiger partial charge in [0.2, 0.25) is 0 Å². The first-order valence-electron chi connectivity index (χ1n) is 4.39. The molecule has 4 nitrogen and oxygen atoms in total. The van der Waals surface area contributed by atoms with Crippen LogP contribution in [0.5, 0.6) is 0 Å². The summed E-state index contributed by atoms with van der Waals surface area (Å²) in [6.45, 7) is 0. The monoisotopic (exact) mass is 247 g/mol. The second-order valence-corrected chi connectivity index (χ2v) is 6.31. The number of rotatable bonds is 4. The fourth-order valence-electron chi connectivity index (χ4n) is 0.970. The largest absolute Gasteiger partial charge is 0.274 e. The van der Waals surface area contributed by atoms with Crippen molar-refractivity contribution in [3.8, 4) is 0 Å². The van der Waals surface area contributed by atoms with Gasteiger partial charge in [0.05, 0.1) is 0 Å². The standard InChI is InChI=1S/C9H15N2O2S2/c1-10(2)15(12,13)8-11-6-4-9(14-3)5-7-11/h4-7H,8H2,1-3H3/q+1. The first-order chi connectivity index (χ1) is 6.95. The quantitative estimate of drug-likeness (QED) is 0.576. The third-order valence-corrected chi connectivity index (χ3v) is 4.45. The molecule has 0 atom stereocenters. The van der Waals surface area contributed by atoms with Crippen LogP contribution in [0, 0.1) is 0 Å². The van der Waals surface area contributed by atoms with E-state index in [1.54, 1.807) is 28.7 Å². The summed E-state index contributed by atoms with van der Waals surface area (Å²) in [6, 6.07) is 3.80. The lowest BCUT2D eigenvalue weighted by Gasteiger charge is -2.07. The van der Waals surface area contributed by atoms with Crippen LogP contribution in [0.15, 0.2) is 29.4 Å². The van der Waals surface area contributed by atoms with Gasteiger partial charge in [-0.25, -0.2) is 12.7 Å². The van der Waals surface area contributed by atoms with Crippen molar-refractivity contribution in [2.45, 2.75) is 10.8 Å². The highest BCUT2D eigenvalue weighted by Crippen LogP contribution is 2.10. The lowest BCUT2D eigenvalue weighted by atomic mass is 10.5. The van der Waals surface area contributed by atoms with Crippen molar-refractivity contribution in [3.05, 3.63) is 24.5 Å². The molecule has 84 valence electrons. The van der Waals surface area contributed by atoms with Gasteiger partial charge >= 0.3 is 0 Å². The van der Waals surface area contributed by atoms with Gasteiger partial charge in [-0.05, 0) is 6.26 Å². The first kappa shape index (κ1) is 12.5. The van der Waals surface area contributed by atoms with Crippen LogP contribution in [-0.2, 0) is 15.9 Å². The average Bonchev–Trinajstić information content (AvgIpc) is 2.18. The predicted molar refractivity (Wildman–Crippen MR) is 61.0 cm³/mol. The molecule has 0 fully saturated rings. The molecule has 0 aliphatic rings. The predicted octanol–water partition coefficient (Wildman–Crippen LogP) is 0.545. The molecule has 0 spiro atoms. The van der Waals surface area contributed by atoms with Crippen molar-refractivity contribution < 1.29 is 13.0 Å². The number of aromatic nitrogens is 1. The van der Waals surface area contributed by atoms with E-state index in [2.05, 4.69) is 0 Å². The van der Waals surface area contributed by atoms with Gasteiger partial charge in [-0.3, -0.25) is 0 Å². The number of thioether (sulfide) groups is 1. The molecular formula is C9H15N2O2S2+. The van der Waals surface area contributed by atoms with Gasteiger partial charge < -0.3 is 0 Å². The molecular weight excluding hydrogens is 232 g/mol. The number of nitrogens with zero attached hydrogens (tertiary/aromatic N) is 2. The smallest absolute Gasteiger partial charge is 0.205 e. The molecule has 1 aromatic rings. The van der Waals surface area contributed by atoms with Crippen LogP contribution in [0.2, 0.25) is 0 Å². The Balaban J connectivity index is 2.82. The Bertz CT molecular complexity index is 412. The summed E-state index contributed by atoms with van der Waals surface area (Å²) >= 11 is 1.63. The average molecular weight is 247 g/mol. The second-order valence-electron chi connectivity index (χ2n) is 3.28. The minimum absolute atomic E-state index is 0.0192. The van der Waals surface area contributed by atoms with Gasteiger partial charge in [0.15, 0.2) is 12.4 Å². The molecule has 1 rings (SSSR count). The van der Waals surface area contributed by atoms with Crippen LogP contribution in [0.1, 0.15) is 0 Å². The summed E-state index contributed by atoms with van der Waals surface area (Å²) in [5.41, 5.74) is 0. The van der Waals surface area contributed by atoms with Gasteiger partial charge in [-0.15, -0.1) is 11.8 Å². The van der Waals surface area contributed by atoms with Crippen LogP contribution in [-0.4, -0.2) is 33.1 Å². The third-order valence-electron chi connectivity index (χ3n) is 1.96. The maximum absolute atomic E-state index is 11.6. The fraction of sp³-hybridized carbons (Fsp3) is 0.444. The fourth-order valence-corrected chi connectivity index (χ4v) is 2.14. The molecule has 6 heteroatoms. The summed E-state index contributed by atoms with van der Waals surface area (Å²) in [5, 5.41) is 0. The molecule has 0 N–H and O–H groups in total. The van der Waals surface area contributed by atoms with Crippen molar-refractivity contribution in [1.29, 1.82) is 0 Å². The highest BCUT2D eigenvalue weighted by Gasteiger charge is 2.19. The van der Waals surface area contributed by atoms with E-state index in [0.717, 1.165) is 4.90 Å². The van der Waals surface area contributed by atoms with E-state index in [1.807, 2.05) is 18.4 Å². The Morgan fingerprint density at radius 1 is 1.33 bits per heavy atom. The summed E-state index contributed by atoms with van der Waals surface area (Å²) in [7, 11) is -0.114. The molecule has 1 heterocycles. The van der Waals surface area contributed by atoms with Crippen molar-refractivity contribution in [2.75, 3.05) is 20.4 Å². The zero-order chi connectivity index (χ0) is 11.5. The number of pyridine rings is 1. The molecule has 0 radical (unpaired) electrons. The maximum Gasteiger partial charge on any atom is 0.274 e. The van der Waals surface area contributed by atoms with E-state index in [-0.39, 0.29) is 5.88 Å². The first-order valence-corrected chi connectivity index (χ1v) is 7.22.